The molecule has 0 aromatic heterocycles. The fraction of sp³-hybridized carbons (Fsp3) is 0.333. The molecule has 0 radical (unpaired) electrons. The Kier molecular flexibility index (Phi) is 3.95. The van der Waals surface area contributed by atoms with Crippen LogP contribution in [0.15, 0.2) is 47.3 Å². The average Bonchev–Trinajstić information content (AvgIpc) is 2.01. The first-order chi connectivity index (χ1) is 6.63. The lowest BCUT2D eigenvalue weighted by molar-refractivity contribution is 0.528. The lowest BCUT2D eigenvalue weighted by atomic mass is 10.2. The highest BCUT2D eigenvalue weighted by atomic mass is 28.3. The molecule has 0 bridgehead atoms. The molecule has 0 aromatic rings. The van der Waals surface area contributed by atoms with E-state index in [0.29, 0.717) is 0 Å². The van der Waals surface area contributed by atoms with Crippen molar-refractivity contribution in [1.82, 2.24) is 4.90 Å². The molecule has 1 nitrogen and oxygen atoms in total. The molecule has 0 atom stereocenters. The number of hydrogen-bond donors (Lipinski definition) is 0. The van der Waals surface area contributed by atoms with Crippen LogP contribution < -0.4 is 0 Å². The van der Waals surface area contributed by atoms with Crippen molar-refractivity contribution in [3.8, 4) is 0 Å². The minimum absolute atomic E-state index is 0.749. The van der Waals surface area contributed by atoms with Crippen molar-refractivity contribution in [2.45, 2.75) is 13.1 Å². The van der Waals surface area contributed by atoms with Gasteiger partial charge in [-0.1, -0.05) is 43.5 Å². The Morgan fingerprint density at radius 2 is 1.50 bits per heavy atom. The Bertz CT molecular complexity index is 276. The third-order valence-electron chi connectivity index (χ3n) is 2.26. The summed E-state index contributed by atoms with van der Waals surface area (Å²) >= 11 is 0. The van der Waals surface area contributed by atoms with Crippen molar-refractivity contribution in [2.75, 3.05) is 14.1 Å². The summed E-state index contributed by atoms with van der Waals surface area (Å²) in [6, 6.07) is 0. The number of allylic oxidation sites excluding steroid dienone is 7. The molecular formula is C12H19NSi. The van der Waals surface area contributed by atoms with E-state index >= 15 is 0 Å². The first-order valence-electron chi connectivity index (χ1n) is 5.06. The van der Waals surface area contributed by atoms with Crippen molar-refractivity contribution >= 4 is 8.80 Å². The molecular weight excluding hydrogens is 186 g/mol. The summed E-state index contributed by atoms with van der Waals surface area (Å²) in [5.41, 5.74) is 1.35. The smallest absolute Gasteiger partial charge is 0.0674 e. The van der Waals surface area contributed by atoms with Crippen LogP contribution in [0.4, 0.5) is 0 Å². The predicted octanol–water partition coefficient (Wildman–Crippen LogP) is 2.51. The quantitative estimate of drug-likeness (QED) is 0.626. The predicted molar refractivity (Wildman–Crippen MR) is 67.0 cm³/mol. The highest BCUT2D eigenvalue weighted by Gasteiger charge is 2.08. The van der Waals surface area contributed by atoms with Crippen LogP contribution >= 0.6 is 0 Å². The van der Waals surface area contributed by atoms with Crippen LogP contribution in [0, 0.1) is 0 Å². The van der Waals surface area contributed by atoms with Gasteiger partial charge in [0.1, 0.15) is 0 Å². The molecule has 0 amide bonds. The Morgan fingerprint density at radius 1 is 0.929 bits per heavy atom. The molecule has 0 N–H and O–H groups in total. The molecule has 0 heterocycles. The number of hydrogen-bond acceptors (Lipinski definition) is 1. The van der Waals surface area contributed by atoms with Gasteiger partial charge in [0.05, 0.1) is 8.80 Å². The van der Waals surface area contributed by atoms with E-state index < -0.39 is 8.80 Å². The maximum absolute atomic E-state index is 2.36. The van der Waals surface area contributed by atoms with E-state index in [9.17, 15) is 0 Å². The molecule has 0 saturated carbocycles. The Labute approximate surface area is 88.7 Å². The largest absolute Gasteiger partial charge is 0.378 e. The molecule has 1 aliphatic rings. The Balaban J connectivity index is 3.13. The molecule has 0 fully saturated rings. The van der Waals surface area contributed by atoms with Crippen LogP contribution in [-0.4, -0.2) is 27.8 Å². The normalized spacial score (nSPS) is 16.1. The molecule has 2 heteroatoms. The summed E-state index contributed by atoms with van der Waals surface area (Å²) < 4.78 is 0. The number of nitrogens with zero attached hydrogens (tertiary/aromatic N) is 1. The highest BCUT2D eigenvalue weighted by Crippen LogP contribution is 2.15. The fourth-order valence-corrected chi connectivity index (χ4v) is 2.95. The van der Waals surface area contributed by atoms with E-state index in [1.165, 1.54) is 10.9 Å². The van der Waals surface area contributed by atoms with E-state index in [0.717, 1.165) is 0 Å². The van der Waals surface area contributed by atoms with Crippen molar-refractivity contribution in [2.24, 2.45) is 0 Å². The zero-order valence-electron chi connectivity index (χ0n) is 9.49. The summed E-state index contributed by atoms with van der Waals surface area (Å²) in [4.78, 5) is 2.20. The van der Waals surface area contributed by atoms with Gasteiger partial charge >= 0.3 is 0 Å². The molecule has 1 aliphatic carbocycles. The third-order valence-corrected chi connectivity index (χ3v) is 4.00. The monoisotopic (exact) mass is 205 g/mol. The second-order valence-corrected chi connectivity index (χ2v) is 6.92. The third kappa shape index (κ3) is 2.74. The van der Waals surface area contributed by atoms with E-state index in [2.05, 4.69) is 68.5 Å². The zero-order valence-corrected chi connectivity index (χ0v) is 10.6. The maximum Gasteiger partial charge on any atom is 0.0674 e. The molecule has 0 unspecified atom stereocenters. The van der Waals surface area contributed by atoms with E-state index in [-0.39, 0.29) is 0 Å². The summed E-state index contributed by atoms with van der Waals surface area (Å²) in [6.45, 7) is 4.73. The number of likely N-dealkylation sites (N-methyl/N-ethyl adjacent to an activating group) is 1. The van der Waals surface area contributed by atoms with Crippen molar-refractivity contribution in [3.63, 3.8) is 0 Å². The van der Waals surface area contributed by atoms with Gasteiger partial charge in [0.2, 0.25) is 0 Å². The standard InChI is InChI=1S/C12H19NSi/c1-13(2)11-9-7-5-6-8-10-12(11)14(3)4/h5-10,14H,1-4H3. The van der Waals surface area contributed by atoms with Crippen LogP contribution in [0.5, 0.6) is 0 Å². The molecule has 1 rings (SSSR count). The van der Waals surface area contributed by atoms with Crippen LogP contribution in [0.1, 0.15) is 0 Å². The van der Waals surface area contributed by atoms with Crippen molar-refractivity contribution in [1.29, 1.82) is 0 Å². The fourth-order valence-electron chi connectivity index (χ4n) is 1.51. The molecule has 0 spiro atoms. The first-order valence-corrected chi connectivity index (χ1v) is 7.94. The first kappa shape index (κ1) is 11.1. The van der Waals surface area contributed by atoms with Gasteiger partial charge in [-0.05, 0) is 11.3 Å². The minimum atomic E-state index is -0.749. The van der Waals surface area contributed by atoms with Crippen LogP contribution in [-0.2, 0) is 0 Å². The van der Waals surface area contributed by atoms with Gasteiger partial charge < -0.3 is 4.90 Å². The van der Waals surface area contributed by atoms with E-state index in [1.807, 2.05) is 0 Å². The maximum atomic E-state index is 2.36. The molecule has 0 saturated heterocycles. The van der Waals surface area contributed by atoms with E-state index in [1.54, 1.807) is 0 Å². The second-order valence-electron chi connectivity index (χ2n) is 3.99. The Hall–Kier alpha value is -1.02. The van der Waals surface area contributed by atoms with Crippen LogP contribution in [0.2, 0.25) is 13.1 Å². The molecule has 0 aromatic carbocycles. The minimum Gasteiger partial charge on any atom is -0.378 e. The summed E-state index contributed by atoms with van der Waals surface area (Å²) in [5.74, 6) is 0. The summed E-state index contributed by atoms with van der Waals surface area (Å²) in [5, 5.41) is 1.52. The zero-order chi connectivity index (χ0) is 10.6. The second kappa shape index (κ2) is 5.01. The molecule has 76 valence electrons. The topological polar surface area (TPSA) is 3.24 Å². The van der Waals surface area contributed by atoms with E-state index in [4.69, 9.17) is 0 Å². The SMILES string of the molecule is CN(C)C1=C([SiH](C)C)C=CC=CC=C1. The molecule has 0 aliphatic heterocycles. The van der Waals surface area contributed by atoms with Gasteiger partial charge in [-0.2, -0.15) is 0 Å². The Morgan fingerprint density at radius 3 is 2.00 bits per heavy atom. The average molecular weight is 205 g/mol. The van der Waals surface area contributed by atoms with Gasteiger partial charge in [-0.25, -0.2) is 0 Å². The van der Waals surface area contributed by atoms with Crippen LogP contribution in [0.25, 0.3) is 0 Å². The van der Waals surface area contributed by atoms with Crippen LogP contribution in [0.3, 0.4) is 0 Å². The van der Waals surface area contributed by atoms with Crippen molar-refractivity contribution < 1.29 is 0 Å². The lowest BCUT2D eigenvalue weighted by Gasteiger charge is -2.20. The van der Waals surface area contributed by atoms with Gasteiger partial charge in [0, 0.05) is 19.8 Å². The van der Waals surface area contributed by atoms with Gasteiger partial charge in [0.25, 0.3) is 0 Å². The molecule has 14 heavy (non-hydrogen) atoms. The van der Waals surface area contributed by atoms with Gasteiger partial charge in [-0.15, -0.1) is 0 Å². The highest BCUT2D eigenvalue weighted by molar-refractivity contribution is 6.65. The van der Waals surface area contributed by atoms with Gasteiger partial charge in [0.15, 0.2) is 0 Å². The summed E-state index contributed by atoms with van der Waals surface area (Å²) in [6.07, 6.45) is 12.8. The van der Waals surface area contributed by atoms with Crippen molar-refractivity contribution in [3.05, 3.63) is 47.3 Å². The lowest BCUT2D eigenvalue weighted by Crippen LogP contribution is -2.17. The summed E-state index contributed by atoms with van der Waals surface area (Å²) in [7, 11) is 3.46. The van der Waals surface area contributed by atoms with Gasteiger partial charge in [-0.3, -0.25) is 0 Å². The number of rotatable bonds is 2.